The van der Waals surface area contributed by atoms with E-state index in [2.05, 4.69) is 9.64 Å². The monoisotopic (exact) mass is 414 g/mol. The van der Waals surface area contributed by atoms with Crippen LogP contribution < -0.4 is 9.64 Å². The molecule has 0 aromatic heterocycles. The van der Waals surface area contributed by atoms with Gasteiger partial charge in [-0.25, -0.2) is 8.42 Å². The Morgan fingerprint density at radius 2 is 1.75 bits per heavy atom. The molecule has 0 saturated carbocycles. The molecule has 0 spiro atoms. The molecule has 2 aromatic carbocycles. The number of benzene rings is 2. The predicted octanol–water partition coefficient (Wildman–Crippen LogP) is 4.01. The second-order valence-corrected chi connectivity index (χ2v) is 8.65. The Morgan fingerprint density at radius 1 is 1.07 bits per heavy atom. The summed E-state index contributed by atoms with van der Waals surface area (Å²) in [6.07, 6.45) is -2.70. The van der Waals surface area contributed by atoms with Gasteiger partial charge in [0.2, 0.25) is 10.0 Å². The van der Waals surface area contributed by atoms with Crippen molar-refractivity contribution in [1.82, 2.24) is 4.31 Å². The van der Waals surface area contributed by atoms with Gasteiger partial charge >= 0.3 is 6.36 Å². The second kappa shape index (κ2) is 8.00. The number of anilines is 1. The maximum Gasteiger partial charge on any atom is 0.573 e. The lowest BCUT2D eigenvalue weighted by molar-refractivity contribution is -0.274. The van der Waals surface area contributed by atoms with Gasteiger partial charge in [0.1, 0.15) is 5.75 Å². The number of halogens is 3. The summed E-state index contributed by atoms with van der Waals surface area (Å²) in [5.41, 5.74) is 1.83. The van der Waals surface area contributed by atoms with Gasteiger partial charge in [-0.2, -0.15) is 4.31 Å². The van der Waals surface area contributed by atoms with Gasteiger partial charge in [-0.1, -0.05) is 24.3 Å². The Balaban J connectivity index is 1.83. The van der Waals surface area contributed by atoms with E-state index in [-0.39, 0.29) is 11.4 Å². The summed E-state index contributed by atoms with van der Waals surface area (Å²) in [6.45, 7) is 1.95. The molecule has 1 saturated heterocycles. The molecular formula is C19H21F3N2O3S. The van der Waals surface area contributed by atoms with Crippen LogP contribution in [0, 0.1) is 0 Å². The quantitative estimate of drug-likeness (QED) is 0.717. The Morgan fingerprint density at radius 3 is 2.43 bits per heavy atom. The van der Waals surface area contributed by atoms with Crippen molar-refractivity contribution in [2.24, 2.45) is 0 Å². The second-order valence-electron chi connectivity index (χ2n) is 6.61. The number of sulfonamides is 1. The fraction of sp³-hybridized carbons (Fsp3) is 0.368. The van der Waals surface area contributed by atoms with Gasteiger partial charge in [-0.15, -0.1) is 13.2 Å². The highest BCUT2D eigenvalue weighted by atomic mass is 32.2. The van der Waals surface area contributed by atoms with Crippen LogP contribution in [0.4, 0.5) is 18.9 Å². The normalized spacial score (nSPS) is 15.2. The van der Waals surface area contributed by atoms with Crippen LogP contribution in [-0.4, -0.2) is 39.2 Å². The van der Waals surface area contributed by atoms with Crippen molar-refractivity contribution in [3.05, 3.63) is 54.1 Å². The van der Waals surface area contributed by atoms with Crippen LogP contribution in [0.5, 0.6) is 5.75 Å². The Kier molecular flexibility index (Phi) is 5.85. The summed E-state index contributed by atoms with van der Waals surface area (Å²) in [4.78, 5) is 1.96. The molecular weight excluding hydrogens is 393 g/mol. The molecule has 0 atom stereocenters. The van der Waals surface area contributed by atoms with Gasteiger partial charge < -0.3 is 9.64 Å². The zero-order valence-electron chi connectivity index (χ0n) is 15.3. The van der Waals surface area contributed by atoms with Gasteiger partial charge in [0.05, 0.1) is 4.90 Å². The fourth-order valence-electron chi connectivity index (χ4n) is 3.25. The highest BCUT2D eigenvalue weighted by Crippen LogP contribution is 2.29. The minimum Gasteiger partial charge on any atom is -0.406 e. The van der Waals surface area contributed by atoms with Gasteiger partial charge in [-0.05, 0) is 36.6 Å². The lowest BCUT2D eigenvalue weighted by Gasteiger charge is -2.24. The summed E-state index contributed by atoms with van der Waals surface area (Å²) in [6, 6.07) is 12.0. The van der Waals surface area contributed by atoms with Crippen LogP contribution in [0.3, 0.4) is 0 Å². The van der Waals surface area contributed by atoms with E-state index in [9.17, 15) is 21.6 Å². The Bertz CT molecular complexity index is 926. The van der Waals surface area contributed by atoms with Crippen LogP contribution in [0.2, 0.25) is 0 Å². The van der Waals surface area contributed by atoms with E-state index in [1.807, 2.05) is 24.3 Å². The van der Waals surface area contributed by atoms with E-state index in [0.29, 0.717) is 0 Å². The molecule has 1 aliphatic rings. The average molecular weight is 414 g/mol. The molecule has 2 aromatic rings. The van der Waals surface area contributed by atoms with E-state index in [0.717, 1.165) is 53.6 Å². The Hall–Kier alpha value is -2.26. The third kappa shape index (κ3) is 4.77. The summed E-state index contributed by atoms with van der Waals surface area (Å²) in [5, 5.41) is 0. The first-order valence-electron chi connectivity index (χ1n) is 8.82. The SMILES string of the molecule is CN(Cc1ccccc1N1CCCC1)S(=O)(=O)c1cccc(OC(F)(F)F)c1. The molecule has 9 heteroatoms. The zero-order valence-corrected chi connectivity index (χ0v) is 16.1. The summed E-state index contributed by atoms with van der Waals surface area (Å²) >= 11 is 0. The van der Waals surface area contributed by atoms with E-state index in [1.54, 1.807) is 0 Å². The largest absolute Gasteiger partial charge is 0.573 e. The van der Waals surface area contributed by atoms with E-state index in [4.69, 9.17) is 0 Å². The number of hydrogen-bond acceptors (Lipinski definition) is 4. The molecule has 0 N–H and O–H groups in total. The number of hydrogen-bond donors (Lipinski definition) is 0. The molecule has 3 rings (SSSR count). The molecule has 0 bridgehead atoms. The van der Waals surface area contributed by atoms with Gasteiger partial charge in [0.15, 0.2) is 0 Å². The molecule has 152 valence electrons. The number of alkyl halides is 3. The molecule has 28 heavy (non-hydrogen) atoms. The van der Waals surface area contributed by atoms with Crippen molar-refractivity contribution in [3.8, 4) is 5.75 Å². The number of ether oxygens (including phenoxy) is 1. The minimum atomic E-state index is -4.89. The van der Waals surface area contributed by atoms with E-state index in [1.165, 1.54) is 19.2 Å². The molecule has 1 aliphatic heterocycles. The Labute approximate surface area is 162 Å². The van der Waals surface area contributed by atoms with Crippen molar-refractivity contribution in [2.45, 2.75) is 30.6 Å². The molecule has 0 unspecified atom stereocenters. The summed E-state index contributed by atoms with van der Waals surface area (Å²) in [5.74, 6) is -0.570. The summed E-state index contributed by atoms with van der Waals surface area (Å²) in [7, 11) is -2.58. The average Bonchev–Trinajstić information content (AvgIpc) is 3.15. The first kappa shape index (κ1) is 20.5. The fourth-order valence-corrected chi connectivity index (χ4v) is 4.43. The maximum atomic E-state index is 12.9. The smallest absolute Gasteiger partial charge is 0.406 e. The van der Waals surface area contributed by atoms with Crippen LogP contribution in [0.1, 0.15) is 18.4 Å². The lowest BCUT2D eigenvalue weighted by Crippen LogP contribution is -2.28. The molecule has 1 heterocycles. The number of para-hydroxylation sites is 1. The van der Waals surface area contributed by atoms with Crippen LogP contribution in [0.15, 0.2) is 53.4 Å². The molecule has 0 amide bonds. The maximum absolute atomic E-state index is 12.9. The molecule has 1 fully saturated rings. The topological polar surface area (TPSA) is 49.9 Å². The number of nitrogens with zero attached hydrogens (tertiary/aromatic N) is 2. The highest BCUT2D eigenvalue weighted by Gasteiger charge is 2.32. The molecule has 5 nitrogen and oxygen atoms in total. The van der Waals surface area contributed by atoms with Crippen molar-refractivity contribution in [3.63, 3.8) is 0 Å². The first-order valence-corrected chi connectivity index (χ1v) is 10.3. The predicted molar refractivity (Wildman–Crippen MR) is 99.7 cm³/mol. The highest BCUT2D eigenvalue weighted by molar-refractivity contribution is 7.89. The van der Waals surface area contributed by atoms with Crippen molar-refractivity contribution < 1.29 is 26.3 Å². The first-order chi connectivity index (χ1) is 13.2. The number of rotatable bonds is 6. The van der Waals surface area contributed by atoms with Crippen LogP contribution >= 0.6 is 0 Å². The summed E-state index contributed by atoms with van der Waals surface area (Å²) < 4.78 is 68.0. The van der Waals surface area contributed by atoms with Crippen LogP contribution in [0.25, 0.3) is 0 Å². The minimum absolute atomic E-state index is 0.110. The lowest BCUT2D eigenvalue weighted by atomic mass is 10.1. The third-order valence-corrected chi connectivity index (χ3v) is 6.38. The van der Waals surface area contributed by atoms with Crippen molar-refractivity contribution in [2.75, 3.05) is 25.0 Å². The van der Waals surface area contributed by atoms with Gasteiger partial charge in [0, 0.05) is 38.4 Å². The van der Waals surface area contributed by atoms with Crippen molar-refractivity contribution in [1.29, 1.82) is 0 Å². The van der Waals surface area contributed by atoms with Crippen molar-refractivity contribution >= 4 is 15.7 Å². The van der Waals surface area contributed by atoms with E-state index < -0.39 is 22.1 Å². The standard InChI is InChI=1S/C19H21F3N2O3S/c1-23(14-15-7-2-3-10-18(15)24-11-4-5-12-24)28(25,26)17-9-6-8-16(13-17)27-19(20,21)22/h2-3,6-10,13H,4-5,11-12,14H2,1H3. The molecule has 0 radical (unpaired) electrons. The third-order valence-electron chi connectivity index (χ3n) is 4.58. The van der Waals surface area contributed by atoms with Gasteiger partial charge in [-0.3, -0.25) is 0 Å². The van der Waals surface area contributed by atoms with Gasteiger partial charge in [0.25, 0.3) is 0 Å². The molecule has 0 aliphatic carbocycles. The zero-order chi connectivity index (χ0) is 20.4. The van der Waals surface area contributed by atoms with E-state index >= 15 is 0 Å². The van der Waals surface area contributed by atoms with Crippen LogP contribution in [-0.2, 0) is 16.6 Å².